The number of rotatable bonds is 4. The van der Waals surface area contributed by atoms with Gasteiger partial charge in [0.2, 0.25) is 0 Å². The Balaban J connectivity index is 2.41. The normalized spacial score (nSPS) is 20.1. The van der Waals surface area contributed by atoms with Crippen LogP contribution in [-0.2, 0) is 22.8 Å². The quantitative estimate of drug-likeness (QED) is 0.894. The van der Waals surface area contributed by atoms with E-state index in [-0.39, 0.29) is 0 Å². The van der Waals surface area contributed by atoms with Gasteiger partial charge < -0.3 is 10.6 Å². The highest BCUT2D eigenvalue weighted by atomic mass is 32.2. The molecule has 1 aliphatic rings. The van der Waals surface area contributed by atoms with Crippen LogP contribution in [0.5, 0.6) is 0 Å². The third kappa shape index (κ3) is 3.45. The minimum Gasteiger partial charge on any atom is -0.338 e. The summed E-state index contributed by atoms with van der Waals surface area (Å²) in [4.78, 5) is 6.49. The number of hydrogen-bond acceptors (Lipinski definition) is 6. The number of anilines is 1. The molecule has 0 spiro atoms. The molecule has 2 rings (SSSR count). The minimum atomic E-state index is -3.13. The SMILES string of the molecule is CCc1cc(CN)cc(N2CCSCC2S(C)(=O)=O)n1. The predicted octanol–water partition coefficient (Wildman–Crippen LogP) is 1.03. The van der Waals surface area contributed by atoms with Crippen LogP contribution in [0.1, 0.15) is 18.2 Å². The van der Waals surface area contributed by atoms with Crippen molar-refractivity contribution in [2.24, 2.45) is 5.73 Å². The lowest BCUT2D eigenvalue weighted by Gasteiger charge is -2.35. The summed E-state index contributed by atoms with van der Waals surface area (Å²) in [5, 5.41) is -0.494. The summed E-state index contributed by atoms with van der Waals surface area (Å²) in [5.74, 6) is 2.25. The summed E-state index contributed by atoms with van der Waals surface area (Å²) >= 11 is 1.67. The van der Waals surface area contributed by atoms with Crippen LogP contribution in [0.2, 0.25) is 0 Å². The molecule has 0 bridgehead atoms. The van der Waals surface area contributed by atoms with Crippen LogP contribution < -0.4 is 10.6 Å². The van der Waals surface area contributed by atoms with E-state index >= 15 is 0 Å². The highest BCUT2D eigenvalue weighted by Gasteiger charge is 2.32. The molecular formula is C13H21N3O2S2. The van der Waals surface area contributed by atoms with Crippen LogP contribution in [0.4, 0.5) is 5.82 Å². The Kier molecular flexibility index (Phi) is 4.93. The number of pyridine rings is 1. The van der Waals surface area contributed by atoms with Crippen molar-refractivity contribution in [3.05, 3.63) is 23.4 Å². The number of thioether (sulfide) groups is 1. The van der Waals surface area contributed by atoms with E-state index in [2.05, 4.69) is 4.98 Å². The second-order valence-corrected chi connectivity index (χ2v) is 8.29. The topological polar surface area (TPSA) is 76.3 Å². The van der Waals surface area contributed by atoms with Gasteiger partial charge in [0.25, 0.3) is 0 Å². The van der Waals surface area contributed by atoms with Gasteiger partial charge in [-0.15, -0.1) is 0 Å². The van der Waals surface area contributed by atoms with Crippen LogP contribution >= 0.6 is 11.8 Å². The number of nitrogens with two attached hydrogens (primary N) is 1. The smallest absolute Gasteiger partial charge is 0.169 e. The molecule has 7 heteroatoms. The van der Waals surface area contributed by atoms with E-state index < -0.39 is 15.2 Å². The van der Waals surface area contributed by atoms with Crippen molar-refractivity contribution < 1.29 is 8.42 Å². The molecular weight excluding hydrogens is 294 g/mol. The first-order valence-corrected chi connectivity index (χ1v) is 9.79. The lowest BCUT2D eigenvalue weighted by atomic mass is 10.2. The molecule has 1 saturated heterocycles. The molecule has 1 atom stereocenters. The second kappa shape index (κ2) is 6.32. The fourth-order valence-corrected chi connectivity index (χ4v) is 5.10. The zero-order valence-corrected chi connectivity index (χ0v) is 13.5. The zero-order chi connectivity index (χ0) is 14.8. The van der Waals surface area contributed by atoms with Crippen molar-refractivity contribution in [1.82, 2.24) is 4.98 Å². The molecule has 0 saturated carbocycles. The Morgan fingerprint density at radius 1 is 1.50 bits per heavy atom. The zero-order valence-electron chi connectivity index (χ0n) is 11.9. The van der Waals surface area contributed by atoms with E-state index in [0.29, 0.717) is 18.8 Å². The predicted molar refractivity (Wildman–Crippen MR) is 84.8 cm³/mol. The maximum atomic E-state index is 12.0. The van der Waals surface area contributed by atoms with Gasteiger partial charge in [0.05, 0.1) is 0 Å². The average molecular weight is 315 g/mol. The van der Waals surface area contributed by atoms with Gasteiger partial charge in [-0.05, 0) is 24.1 Å². The molecule has 5 nitrogen and oxygen atoms in total. The molecule has 0 radical (unpaired) electrons. The molecule has 0 amide bonds. The molecule has 1 unspecified atom stereocenters. The Hall–Kier alpha value is -0.790. The van der Waals surface area contributed by atoms with Gasteiger partial charge in [0, 0.05) is 36.5 Å². The molecule has 2 N–H and O–H groups in total. The molecule has 112 valence electrons. The fraction of sp³-hybridized carbons (Fsp3) is 0.615. The maximum absolute atomic E-state index is 12.0. The van der Waals surface area contributed by atoms with Gasteiger partial charge in [-0.1, -0.05) is 6.92 Å². The van der Waals surface area contributed by atoms with E-state index in [9.17, 15) is 8.42 Å². The summed E-state index contributed by atoms with van der Waals surface area (Å²) in [7, 11) is -3.13. The fourth-order valence-electron chi connectivity index (χ4n) is 2.28. The van der Waals surface area contributed by atoms with E-state index in [0.717, 1.165) is 29.2 Å². The van der Waals surface area contributed by atoms with E-state index in [1.807, 2.05) is 24.0 Å². The van der Waals surface area contributed by atoms with Crippen LogP contribution in [-0.4, -0.2) is 43.1 Å². The van der Waals surface area contributed by atoms with Gasteiger partial charge in [-0.2, -0.15) is 11.8 Å². The summed E-state index contributed by atoms with van der Waals surface area (Å²) in [6.07, 6.45) is 2.11. The van der Waals surface area contributed by atoms with Gasteiger partial charge >= 0.3 is 0 Å². The summed E-state index contributed by atoms with van der Waals surface area (Å²) in [6, 6.07) is 3.89. The molecule has 1 aromatic heterocycles. The summed E-state index contributed by atoms with van der Waals surface area (Å²) in [5.41, 5.74) is 7.67. The van der Waals surface area contributed by atoms with Gasteiger partial charge in [0.15, 0.2) is 9.84 Å². The lowest BCUT2D eigenvalue weighted by Crippen LogP contribution is -2.47. The molecule has 1 fully saturated rings. The molecule has 20 heavy (non-hydrogen) atoms. The Labute approximate surface area is 124 Å². The number of nitrogens with zero attached hydrogens (tertiary/aromatic N) is 2. The number of hydrogen-bond donors (Lipinski definition) is 1. The molecule has 1 aliphatic heterocycles. The first-order valence-electron chi connectivity index (χ1n) is 6.69. The number of sulfone groups is 1. The molecule has 2 heterocycles. The van der Waals surface area contributed by atoms with E-state index in [1.165, 1.54) is 6.26 Å². The third-order valence-corrected chi connectivity index (χ3v) is 6.04. The first kappa shape index (κ1) is 15.6. The first-order chi connectivity index (χ1) is 9.45. The van der Waals surface area contributed by atoms with Crippen molar-refractivity contribution in [3.8, 4) is 0 Å². The van der Waals surface area contributed by atoms with Crippen molar-refractivity contribution in [3.63, 3.8) is 0 Å². The minimum absolute atomic E-state index is 0.439. The molecule has 0 aromatic carbocycles. The Morgan fingerprint density at radius 3 is 2.85 bits per heavy atom. The van der Waals surface area contributed by atoms with Crippen LogP contribution in [0.3, 0.4) is 0 Å². The average Bonchev–Trinajstić information content (AvgIpc) is 2.45. The van der Waals surface area contributed by atoms with Crippen LogP contribution in [0.15, 0.2) is 12.1 Å². The van der Waals surface area contributed by atoms with Gasteiger partial charge in [0.1, 0.15) is 11.2 Å². The summed E-state index contributed by atoms with van der Waals surface area (Å²) < 4.78 is 23.9. The second-order valence-electron chi connectivity index (χ2n) is 4.94. The van der Waals surface area contributed by atoms with Crippen LogP contribution in [0.25, 0.3) is 0 Å². The molecule has 0 aliphatic carbocycles. The van der Waals surface area contributed by atoms with Crippen LogP contribution in [0, 0.1) is 0 Å². The highest BCUT2D eigenvalue weighted by Crippen LogP contribution is 2.26. The van der Waals surface area contributed by atoms with Gasteiger partial charge in [-0.3, -0.25) is 0 Å². The lowest BCUT2D eigenvalue weighted by molar-refractivity contribution is 0.583. The van der Waals surface area contributed by atoms with Gasteiger partial charge in [-0.25, -0.2) is 13.4 Å². The highest BCUT2D eigenvalue weighted by molar-refractivity contribution is 8.01. The van der Waals surface area contributed by atoms with Crippen molar-refractivity contribution in [2.75, 3.05) is 29.2 Å². The summed E-state index contributed by atoms with van der Waals surface area (Å²) in [6.45, 7) is 3.17. The standard InChI is InChI=1S/C13H21N3O2S2/c1-3-11-6-10(8-14)7-12(15-11)16-4-5-19-9-13(16)20(2,17)18/h6-7,13H,3-5,8-9,14H2,1-2H3. The molecule has 1 aromatic rings. The van der Waals surface area contributed by atoms with Crippen molar-refractivity contribution >= 4 is 27.4 Å². The van der Waals surface area contributed by atoms with Crippen molar-refractivity contribution in [2.45, 2.75) is 25.3 Å². The largest absolute Gasteiger partial charge is 0.338 e. The monoisotopic (exact) mass is 315 g/mol. The number of aryl methyl sites for hydroxylation is 1. The van der Waals surface area contributed by atoms with E-state index in [4.69, 9.17) is 5.73 Å². The van der Waals surface area contributed by atoms with Crippen molar-refractivity contribution in [1.29, 1.82) is 0 Å². The third-order valence-electron chi connectivity index (χ3n) is 3.40. The van der Waals surface area contributed by atoms with E-state index in [1.54, 1.807) is 11.8 Å². The number of aromatic nitrogens is 1. The Morgan fingerprint density at radius 2 is 2.25 bits per heavy atom. The Bertz CT molecular complexity index is 553. The maximum Gasteiger partial charge on any atom is 0.169 e.